The van der Waals surface area contributed by atoms with Crippen LogP contribution in [-0.2, 0) is 26.2 Å². The second-order valence-corrected chi connectivity index (χ2v) is 11.6. The van der Waals surface area contributed by atoms with E-state index in [1.165, 1.54) is 4.90 Å². The van der Waals surface area contributed by atoms with Gasteiger partial charge in [0, 0.05) is 18.1 Å². The van der Waals surface area contributed by atoms with Crippen LogP contribution in [0.15, 0.2) is 42.5 Å². The van der Waals surface area contributed by atoms with Crippen molar-refractivity contribution in [1.29, 1.82) is 0 Å². The maximum absolute atomic E-state index is 13.7. The number of sulfonamides is 1. The van der Waals surface area contributed by atoms with Gasteiger partial charge in [-0.3, -0.25) is 13.9 Å². The number of carbonyl (C=O) groups is 2. The molecule has 2 aromatic rings. The third kappa shape index (κ3) is 7.97. The lowest BCUT2D eigenvalue weighted by atomic mass is 10.1. The number of anilines is 1. The molecule has 2 rings (SSSR count). The molecular formula is C26H36ClN3O4S. The quantitative estimate of drug-likeness (QED) is 0.477. The maximum Gasteiger partial charge on any atom is 0.244 e. The Hall–Kier alpha value is -2.58. The molecule has 0 radical (unpaired) electrons. The first kappa shape index (κ1) is 28.7. The number of amides is 2. The molecule has 0 aliphatic heterocycles. The smallest absolute Gasteiger partial charge is 0.244 e. The summed E-state index contributed by atoms with van der Waals surface area (Å²) in [5.74, 6) is -0.470. The molecule has 0 heterocycles. The van der Waals surface area contributed by atoms with Crippen LogP contribution in [0.5, 0.6) is 0 Å². The molecular weight excluding hydrogens is 486 g/mol. The molecule has 35 heavy (non-hydrogen) atoms. The number of halogens is 1. The van der Waals surface area contributed by atoms with Gasteiger partial charge in [-0.05, 0) is 55.0 Å². The molecule has 7 nitrogen and oxygen atoms in total. The molecule has 0 saturated carbocycles. The second-order valence-electron chi connectivity index (χ2n) is 9.22. The fraction of sp³-hybridized carbons (Fsp3) is 0.462. The van der Waals surface area contributed by atoms with Crippen molar-refractivity contribution in [1.82, 2.24) is 10.2 Å². The third-order valence-corrected chi connectivity index (χ3v) is 7.07. The van der Waals surface area contributed by atoms with Crippen LogP contribution < -0.4 is 9.62 Å². The summed E-state index contributed by atoms with van der Waals surface area (Å²) in [7, 11) is -3.78. The number of rotatable bonds is 11. The average Bonchev–Trinajstić information content (AvgIpc) is 2.77. The molecule has 9 heteroatoms. The minimum absolute atomic E-state index is 0.147. The van der Waals surface area contributed by atoms with Gasteiger partial charge in [-0.15, -0.1) is 0 Å². The van der Waals surface area contributed by atoms with Gasteiger partial charge in [0.15, 0.2) is 0 Å². The lowest BCUT2D eigenvalue weighted by Gasteiger charge is -2.33. The SMILES string of the molecule is CC[C@@H](C(=O)NCC(C)C)N(Cc1ccc(Cl)cc1)C(=O)CN(c1c(C)cccc1C)S(C)(=O)=O. The fourth-order valence-electron chi connectivity index (χ4n) is 3.90. The number of nitrogens with zero attached hydrogens (tertiary/aromatic N) is 2. The van der Waals surface area contributed by atoms with Crippen molar-refractivity contribution < 1.29 is 18.0 Å². The van der Waals surface area contributed by atoms with Gasteiger partial charge < -0.3 is 10.2 Å². The van der Waals surface area contributed by atoms with Gasteiger partial charge in [0.1, 0.15) is 12.6 Å². The number of hydrogen-bond donors (Lipinski definition) is 1. The number of hydrogen-bond acceptors (Lipinski definition) is 4. The van der Waals surface area contributed by atoms with Crippen LogP contribution in [0.1, 0.15) is 43.9 Å². The summed E-state index contributed by atoms with van der Waals surface area (Å²) >= 11 is 6.02. The Labute approximate surface area is 214 Å². The molecule has 0 saturated heterocycles. The first-order chi connectivity index (χ1) is 16.3. The van der Waals surface area contributed by atoms with Crippen molar-refractivity contribution in [3.8, 4) is 0 Å². The lowest BCUT2D eigenvalue weighted by molar-refractivity contribution is -0.140. The number of para-hydroxylation sites is 1. The second kappa shape index (κ2) is 12.4. The van der Waals surface area contributed by atoms with E-state index in [1.807, 2.05) is 52.8 Å². The van der Waals surface area contributed by atoms with Gasteiger partial charge in [0.05, 0.1) is 11.9 Å². The van der Waals surface area contributed by atoms with Crippen LogP contribution in [0.2, 0.25) is 5.02 Å². The monoisotopic (exact) mass is 521 g/mol. The average molecular weight is 522 g/mol. The highest BCUT2D eigenvalue weighted by Gasteiger charge is 2.32. The largest absolute Gasteiger partial charge is 0.354 e. The van der Waals surface area contributed by atoms with E-state index in [2.05, 4.69) is 5.32 Å². The Balaban J connectivity index is 2.47. The highest BCUT2D eigenvalue weighted by Crippen LogP contribution is 2.27. The number of aryl methyl sites for hydroxylation is 2. The van der Waals surface area contributed by atoms with E-state index >= 15 is 0 Å². The highest BCUT2D eigenvalue weighted by atomic mass is 35.5. The number of nitrogens with one attached hydrogen (secondary N) is 1. The van der Waals surface area contributed by atoms with Gasteiger partial charge in [-0.25, -0.2) is 8.42 Å². The Bertz CT molecular complexity index is 1110. The van der Waals surface area contributed by atoms with E-state index in [4.69, 9.17) is 11.6 Å². The molecule has 0 aromatic heterocycles. The van der Waals surface area contributed by atoms with Gasteiger partial charge in [-0.1, -0.05) is 62.7 Å². The summed E-state index contributed by atoms with van der Waals surface area (Å²) in [6.07, 6.45) is 1.47. The summed E-state index contributed by atoms with van der Waals surface area (Å²) in [5.41, 5.74) is 2.76. The summed E-state index contributed by atoms with van der Waals surface area (Å²) in [4.78, 5) is 28.3. The van der Waals surface area contributed by atoms with Crippen LogP contribution in [0.3, 0.4) is 0 Å². The lowest BCUT2D eigenvalue weighted by Crippen LogP contribution is -2.52. The molecule has 0 aliphatic rings. The van der Waals surface area contributed by atoms with Gasteiger partial charge in [0.2, 0.25) is 21.8 Å². The van der Waals surface area contributed by atoms with E-state index in [1.54, 1.807) is 24.3 Å². The summed E-state index contributed by atoms with van der Waals surface area (Å²) in [6.45, 7) is 9.66. The van der Waals surface area contributed by atoms with Crippen molar-refractivity contribution in [3.05, 3.63) is 64.2 Å². The standard InChI is InChI=1S/C26H36ClN3O4S/c1-7-23(26(32)28-15-18(2)3)29(16-21-11-13-22(27)14-12-21)24(31)17-30(35(6,33)34)25-19(4)9-8-10-20(25)5/h8-14,18,23H,7,15-17H2,1-6H3,(H,28,32)/t23-/m0/s1. The molecule has 0 unspecified atom stereocenters. The molecule has 0 aliphatic carbocycles. The van der Waals surface area contributed by atoms with Crippen molar-refractivity contribution in [3.63, 3.8) is 0 Å². The van der Waals surface area contributed by atoms with Crippen molar-refractivity contribution in [2.24, 2.45) is 5.92 Å². The molecule has 0 fully saturated rings. The maximum atomic E-state index is 13.7. The van der Waals surface area contributed by atoms with Crippen LogP contribution >= 0.6 is 11.6 Å². The van der Waals surface area contributed by atoms with Crippen LogP contribution in [0.25, 0.3) is 0 Å². The van der Waals surface area contributed by atoms with Crippen molar-refractivity contribution in [2.75, 3.05) is 23.7 Å². The van der Waals surface area contributed by atoms with E-state index < -0.39 is 28.5 Å². The molecule has 1 atom stereocenters. The zero-order chi connectivity index (χ0) is 26.3. The van der Waals surface area contributed by atoms with E-state index in [9.17, 15) is 18.0 Å². The molecule has 0 bridgehead atoms. The van der Waals surface area contributed by atoms with E-state index in [0.29, 0.717) is 23.7 Å². The van der Waals surface area contributed by atoms with Crippen LogP contribution in [0.4, 0.5) is 5.69 Å². The Morgan fingerprint density at radius 1 is 1.03 bits per heavy atom. The third-order valence-electron chi connectivity index (χ3n) is 5.70. The van der Waals surface area contributed by atoms with E-state index in [-0.39, 0.29) is 18.4 Å². The van der Waals surface area contributed by atoms with E-state index in [0.717, 1.165) is 27.3 Å². The summed E-state index contributed by atoms with van der Waals surface area (Å²) in [5, 5.41) is 3.47. The summed E-state index contributed by atoms with van der Waals surface area (Å²) < 4.78 is 26.7. The minimum atomic E-state index is -3.78. The fourth-order valence-corrected chi connectivity index (χ4v) is 4.99. The van der Waals surface area contributed by atoms with Gasteiger partial charge in [0.25, 0.3) is 0 Å². The normalized spacial score (nSPS) is 12.3. The summed E-state index contributed by atoms with van der Waals surface area (Å²) in [6, 6.07) is 11.7. The first-order valence-corrected chi connectivity index (χ1v) is 13.9. The van der Waals surface area contributed by atoms with Gasteiger partial charge >= 0.3 is 0 Å². The molecule has 192 valence electrons. The van der Waals surface area contributed by atoms with Crippen LogP contribution in [-0.4, -0.2) is 50.5 Å². The van der Waals surface area contributed by atoms with Crippen molar-refractivity contribution >= 4 is 39.1 Å². The van der Waals surface area contributed by atoms with Crippen molar-refractivity contribution in [2.45, 2.75) is 53.6 Å². The van der Waals surface area contributed by atoms with Crippen LogP contribution in [0, 0.1) is 19.8 Å². The molecule has 2 aromatic carbocycles. The Morgan fingerprint density at radius 3 is 2.09 bits per heavy atom. The highest BCUT2D eigenvalue weighted by molar-refractivity contribution is 7.92. The molecule has 1 N–H and O–H groups in total. The first-order valence-electron chi connectivity index (χ1n) is 11.7. The predicted octanol–water partition coefficient (Wildman–Crippen LogP) is 4.30. The minimum Gasteiger partial charge on any atom is -0.354 e. The topological polar surface area (TPSA) is 86.8 Å². The molecule has 0 spiro atoms. The Morgan fingerprint density at radius 2 is 1.60 bits per heavy atom. The Kier molecular flexibility index (Phi) is 10.2. The molecule has 2 amide bonds. The number of benzene rings is 2. The number of carbonyl (C=O) groups excluding carboxylic acids is 2. The predicted molar refractivity (Wildman–Crippen MR) is 142 cm³/mol. The van der Waals surface area contributed by atoms with Gasteiger partial charge in [-0.2, -0.15) is 0 Å². The zero-order valence-electron chi connectivity index (χ0n) is 21.3. The zero-order valence-corrected chi connectivity index (χ0v) is 22.9.